The van der Waals surface area contributed by atoms with Crippen molar-refractivity contribution in [2.45, 2.75) is 20.8 Å². The lowest BCUT2D eigenvalue weighted by atomic mass is 10.1. The molecule has 1 N–H and O–H groups in total. The molecule has 0 fully saturated rings. The summed E-state index contributed by atoms with van der Waals surface area (Å²) in [5.74, 6) is 0.325. The monoisotopic (exact) mass is 317 g/mol. The van der Waals surface area contributed by atoms with Gasteiger partial charge in [-0.15, -0.1) is 0 Å². The maximum absolute atomic E-state index is 13.4. The Hall–Kier alpha value is -2.56. The van der Waals surface area contributed by atoms with Crippen molar-refractivity contribution in [3.05, 3.63) is 53.3 Å². The average molecular weight is 317 g/mol. The summed E-state index contributed by atoms with van der Waals surface area (Å²) >= 11 is 0. The predicted octanol–water partition coefficient (Wildman–Crippen LogP) is 4.18. The van der Waals surface area contributed by atoms with Crippen LogP contribution < -0.4 is 14.8 Å². The summed E-state index contributed by atoms with van der Waals surface area (Å²) in [6, 6.07) is 9.33. The Bertz CT molecular complexity index is 701. The lowest BCUT2D eigenvalue weighted by molar-refractivity contribution is 0.102. The number of nitrogens with one attached hydrogen (secondary N) is 1. The van der Waals surface area contributed by atoms with Crippen LogP contribution in [-0.4, -0.2) is 19.1 Å². The van der Waals surface area contributed by atoms with Crippen molar-refractivity contribution >= 4 is 11.6 Å². The lowest BCUT2D eigenvalue weighted by Gasteiger charge is -2.14. The molecular formula is C18H20FNO3. The number of carbonyl (C=O) groups is 1. The van der Waals surface area contributed by atoms with Crippen LogP contribution in [0, 0.1) is 12.7 Å². The quantitative estimate of drug-likeness (QED) is 0.869. The molecule has 2 aromatic rings. The van der Waals surface area contributed by atoms with Gasteiger partial charge in [-0.1, -0.05) is 6.07 Å². The first-order valence-electron chi connectivity index (χ1n) is 7.52. The van der Waals surface area contributed by atoms with Crippen LogP contribution in [0.3, 0.4) is 0 Å². The van der Waals surface area contributed by atoms with Gasteiger partial charge in [0.1, 0.15) is 17.3 Å². The predicted molar refractivity (Wildman–Crippen MR) is 87.9 cm³/mol. The van der Waals surface area contributed by atoms with Crippen LogP contribution in [0.15, 0.2) is 36.4 Å². The lowest BCUT2D eigenvalue weighted by Crippen LogP contribution is -2.14. The summed E-state index contributed by atoms with van der Waals surface area (Å²) in [4.78, 5) is 12.4. The highest BCUT2D eigenvalue weighted by Crippen LogP contribution is 2.30. The van der Waals surface area contributed by atoms with Crippen molar-refractivity contribution in [2.24, 2.45) is 0 Å². The number of benzene rings is 2. The minimum absolute atomic E-state index is 0.286. The van der Waals surface area contributed by atoms with E-state index >= 15 is 0 Å². The first-order valence-corrected chi connectivity index (χ1v) is 7.52. The largest absolute Gasteiger partial charge is 0.494 e. The number of amides is 1. The summed E-state index contributed by atoms with van der Waals surface area (Å²) in [6.45, 7) is 6.48. The number of hydrogen-bond donors (Lipinski definition) is 1. The second-order valence-corrected chi connectivity index (χ2v) is 4.94. The van der Waals surface area contributed by atoms with Crippen molar-refractivity contribution in [1.82, 2.24) is 0 Å². The van der Waals surface area contributed by atoms with Crippen molar-refractivity contribution < 1.29 is 18.7 Å². The summed E-state index contributed by atoms with van der Waals surface area (Å²) < 4.78 is 24.3. The fourth-order valence-electron chi connectivity index (χ4n) is 2.17. The minimum Gasteiger partial charge on any atom is -0.494 e. The molecule has 0 aliphatic heterocycles. The van der Waals surface area contributed by atoms with Crippen LogP contribution in [0.25, 0.3) is 0 Å². The van der Waals surface area contributed by atoms with Gasteiger partial charge in [-0.2, -0.15) is 0 Å². The smallest absolute Gasteiger partial charge is 0.256 e. The van der Waals surface area contributed by atoms with Gasteiger partial charge in [0.05, 0.1) is 18.9 Å². The molecule has 0 spiro atoms. The maximum atomic E-state index is 13.4. The first-order chi connectivity index (χ1) is 11.0. The number of hydrogen-bond acceptors (Lipinski definition) is 3. The molecule has 0 saturated heterocycles. The third kappa shape index (κ3) is 4.22. The molecule has 0 aliphatic carbocycles. The SMILES string of the molecule is CCOc1ccc(OCC)c(NC(=O)c2cc(F)ccc2C)c1. The van der Waals surface area contributed by atoms with E-state index in [1.54, 1.807) is 31.2 Å². The van der Waals surface area contributed by atoms with E-state index in [1.807, 2.05) is 13.8 Å². The number of aryl methyl sites for hydroxylation is 1. The van der Waals surface area contributed by atoms with Crippen LogP contribution in [0.4, 0.5) is 10.1 Å². The molecule has 0 bridgehead atoms. The van der Waals surface area contributed by atoms with Gasteiger partial charge >= 0.3 is 0 Å². The van der Waals surface area contributed by atoms with Gasteiger partial charge in [0, 0.05) is 11.6 Å². The van der Waals surface area contributed by atoms with E-state index in [2.05, 4.69) is 5.32 Å². The molecule has 2 rings (SSSR count). The van der Waals surface area contributed by atoms with Crippen LogP contribution in [0.5, 0.6) is 11.5 Å². The fourth-order valence-corrected chi connectivity index (χ4v) is 2.17. The Labute approximate surface area is 135 Å². The van der Waals surface area contributed by atoms with Gasteiger partial charge < -0.3 is 14.8 Å². The Morgan fingerprint density at radius 2 is 1.83 bits per heavy atom. The zero-order valence-electron chi connectivity index (χ0n) is 13.5. The van der Waals surface area contributed by atoms with Crippen molar-refractivity contribution in [1.29, 1.82) is 0 Å². The molecule has 1 amide bonds. The number of anilines is 1. The molecule has 0 radical (unpaired) electrons. The van der Waals surface area contributed by atoms with E-state index in [-0.39, 0.29) is 5.56 Å². The third-order valence-electron chi connectivity index (χ3n) is 3.25. The summed E-state index contributed by atoms with van der Waals surface area (Å²) in [5, 5.41) is 2.77. The Balaban J connectivity index is 2.31. The van der Waals surface area contributed by atoms with Gasteiger partial charge in [-0.05, 0) is 50.6 Å². The van der Waals surface area contributed by atoms with Crippen molar-refractivity contribution in [3.8, 4) is 11.5 Å². The zero-order chi connectivity index (χ0) is 16.8. The Morgan fingerprint density at radius 1 is 1.09 bits per heavy atom. The van der Waals surface area contributed by atoms with Gasteiger partial charge in [0.25, 0.3) is 5.91 Å². The fraction of sp³-hybridized carbons (Fsp3) is 0.278. The van der Waals surface area contributed by atoms with E-state index in [4.69, 9.17) is 9.47 Å². The highest BCUT2D eigenvalue weighted by Gasteiger charge is 2.14. The number of halogens is 1. The molecule has 2 aromatic carbocycles. The molecule has 0 heterocycles. The Morgan fingerprint density at radius 3 is 2.52 bits per heavy atom. The number of carbonyl (C=O) groups excluding carboxylic acids is 1. The maximum Gasteiger partial charge on any atom is 0.256 e. The molecular weight excluding hydrogens is 297 g/mol. The van der Waals surface area contributed by atoms with Crippen LogP contribution in [0.2, 0.25) is 0 Å². The van der Waals surface area contributed by atoms with Crippen LogP contribution in [-0.2, 0) is 0 Å². The molecule has 23 heavy (non-hydrogen) atoms. The molecule has 0 aliphatic rings. The van der Waals surface area contributed by atoms with Gasteiger partial charge in [0.2, 0.25) is 0 Å². The highest BCUT2D eigenvalue weighted by atomic mass is 19.1. The van der Waals surface area contributed by atoms with Crippen LogP contribution >= 0.6 is 0 Å². The molecule has 5 heteroatoms. The van der Waals surface area contributed by atoms with Gasteiger partial charge in [-0.3, -0.25) is 4.79 Å². The number of rotatable bonds is 6. The number of ether oxygens (including phenoxy) is 2. The standard InChI is InChI=1S/C18H20FNO3/c1-4-22-14-8-9-17(23-5-2)16(11-14)20-18(21)15-10-13(19)7-6-12(15)3/h6-11H,4-5H2,1-3H3,(H,20,21). The summed E-state index contributed by atoms with van der Waals surface area (Å²) in [7, 11) is 0. The molecule has 4 nitrogen and oxygen atoms in total. The minimum atomic E-state index is -0.450. The van der Waals surface area contributed by atoms with Crippen molar-refractivity contribution in [2.75, 3.05) is 18.5 Å². The first kappa shape index (κ1) is 16.8. The van der Waals surface area contributed by atoms with Crippen molar-refractivity contribution in [3.63, 3.8) is 0 Å². The highest BCUT2D eigenvalue weighted by molar-refractivity contribution is 6.06. The van der Waals surface area contributed by atoms with E-state index < -0.39 is 11.7 Å². The average Bonchev–Trinajstić information content (AvgIpc) is 2.52. The van der Waals surface area contributed by atoms with E-state index in [1.165, 1.54) is 12.1 Å². The van der Waals surface area contributed by atoms with Crippen LogP contribution in [0.1, 0.15) is 29.8 Å². The Kier molecular flexibility index (Phi) is 5.57. The molecule has 0 aromatic heterocycles. The summed E-state index contributed by atoms with van der Waals surface area (Å²) in [6.07, 6.45) is 0. The second-order valence-electron chi connectivity index (χ2n) is 4.94. The summed E-state index contributed by atoms with van der Waals surface area (Å²) in [5.41, 5.74) is 1.48. The van der Waals surface area contributed by atoms with E-state index in [0.717, 1.165) is 0 Å². The normalized spacial score (nSPS) is 10.3. The second kappa shape index (κ2) is 7.63. The zero-order valence-corrected chi connectivity index (χ0v) is 13.5. The topological polar surface area (TPSA) is 47.6 Å². The van der Waals surface area contributed by atoms with Gasteiger partial charge in [-0.25, -0.2) is 4.39 Å². The van der Waals surface area contributed by atoms with E-state index in [9.17, 15) is 9.18 Å². The molecule has 0 unspecified atom stereocenters. The van der Waals surface area contributed by atoms with E-state index in [0.29, 0.717) is 36.0 Å². The third-order valence-corrected chi connectivity index (χ3v) is 3.25. The molecule has 122 valence electrons. The molecule has 0 atom stereocenters. The van der Waals surface area contributed by atoms with Gasteiger partial charge in [0.15, 0.2) is 0 Å². The molecule has 0 saturated carbocycles.